The highest BCUT2D eigenvalue weighted by molar-refractivity contribution is 5.58. The number of aryl methyl sites for hydroxylation is 1. The second kappa shape index (κ2) is 2.38. The lowest BCUT2D eigenvalue weighted by Crippen LogP contribution is -2.00. The molecule has 11 heavy (non-hydrogen) atoms. The van der Waals surface area contributed by atoms with Gasteiger partial charge in [0, 0.05) is 11.3 Å². The van der Waals surface area contributed by atoms with Crippen molar-refractivity contribution in [2.75, 3.05) is 6.61 Å². The molecule has 2 heteroatoms. The van der Waals surface area contributed by atoms with Crippen molar-refractivity contribution in [3.05, 3.63) is 29.6 Å². The molecule has 0 saturated heterocycles. The third-order valence-corrected chi connectivity index (χ3v) is 1.67. The standard InChI is InChI=1S/C9H9NO/c1-7-5-8-3-2-4-11-9(8)6-10-7/h2-3,5-6H,4H2,1H3. The Morgan fingerprint density at radius 2 is 2.45 bits per heavy atom. The molecule has 2 rings (SSSR count). The molecular formula is C9H9NO. The van der Waals surface area contributed by atoms with E-state index in [1.807, 2.05) is 19.1 Å². The maximum atomic E-state index is 5.33. The Bertz CT molecular complexity index is 304. The Morgan fingerprint density at radius 1 is 1.55 bits per heavy atom. The molecule has 0 fully saturated rings. The van der Waals surface area contributed by atoms with Gasteiger partial charge in [0.15, 0.2) is 0 Å². The minimum Gasteiger partial charge on any atom is -0.487 e. The third-order valence-electron chi connectivity index (χ3n) is 1.67. The second-order valence-corrected chi connectivity index (χ2v) is 2.58. The Labute approximate surface area is 65.5 Å². The fraction of sp³-hybridized carbons (Fsp3) is 0.222. The van der Waals surface area contributed by atoms with Crippen molar-refractivity contribution >= 4 is 6.08 Å². The molecule has 0 radical (unpaired) electrons. The fourth-order valence-electron chi connectivity index (χ4n) is 1.13. The molecule has 0 amide bonds. The summed E-state index contributed by atoms with van der Waals surface area (Å²) in [5, 5.41) is 0. The van der Waals surface area contributed by atoms with Crippen LogP contribution in [0.3, 0.4) is 0 Å². The van der Waals surface area contributed by atoms with E-state index in [-0.39, 0.29) is 0 Å². The van der Waals surface area contributed by atoms with Crippen LogP contribution in [0.5, 0.6) is 5.75 Å². The predicted octanol–water partition coefficient (Wildman–Crippen LogP) is 1.80. The topological polar surface area (TPSA) is 22.1 Å². The number of nitrogens with zero attached hydrogens (tertiary/aromatic N) is 1. The molecule has 0 spiro atoms. The summed E-state index contributed by atoms with van der Waals surface area (Å²) in [5.41, 5.74) is 2.16. The zero-order chi connectivity index (χ0) is 7.68. The molecule has 1 aliphatic rings. The normalized spacial score (nSPS) is 13.9. The van der Waals surface area contributed by atoms with Crippen molar-refractivity contribution in [3.8, 4) is 5.75 Å². The summed E-state index contributed by atoms with van der Waals surface area (Å²) < 4.78 is 5.33. The SMILES string of the molecule is Cc1cc2c(cn1)OCC=C2. The number of hydrogen-bond donors (Lipinski definition) is 0. The lowest BCUT2D eigenvalue weighted by molar-refractivity contribution is 0.357. The second-order valence-electron chi connectivity index (χ2n) is 2.58. The van der Waals surface area contributed by atoms with Gasteiger partial charge in [-0.15, -0.1) is 0 Å². The van der Waals surface area contributed by atoms with Crippen molar-refractivity contribution in [2.45, 2.75) is 6.92 Å². The van der Waals surface area contributed by atoms with Crippen LogP contribution in [0.2, 0.25) is 0 Å². The third kappa shape index (κ3) is 1.11. The van der Waals surface area contributed by atoms with Gasteiger partial charge in [-0.2, -0.15) is 0 Å². The van der Waals surface area contributed by atoms with Gasteiger partial charge in [0.05, 0.1) is 6.20 Å². The summed E-state index contributed by atoms with van der Waals surface area (Å²) in [6.07, 6.45) is 5.84. The maximum Gasteiger partial charge on any atom is 0.145 e. The first-order valence-corrected chi connectivity index (χ1v) is 3.62. The first-order chi connectivity index (χ1) is 5.36. The molecule has 0 bridgehead atoms. The Balaban J connectivity index is 2.54. The Morgan fingerprint density at radius 3 is 3.36 bits per heavy atom. The zero-order valence-electron chi connectivity index (χ0n) is 6.37. The highest BCUT2D eigenvalue weighted by Gasteiger charge is 2.04. The van der Waals surface area contributed by atoms with Gasteiger partial charge in [-0.05, 0) is 19.1 Å². The average Bonchev–Trinajstić information content (AvgIpc) is 2.04. The Kier molecular flexibility index (Phi) is 1.39. The van der Waals surface area contributed by atoms with Crippen LogP contribution in [0.4, 0.5) is 0 Å². The van der Waals surface area contributed by atoms with Crippen molar-refractivity contribution < 1.29 is 4.74 Å². The summed E-state index contributed by atoms with van der Waals surface area (Å²) in [4.78, 5) is 4.13. The van der Waals surface area contributed by atoms with E-state index in [0.29, 0.717) is 6.61 Å². The van der Waals surface area contributed by atoms with Crippen LogP contribution in [0, 0.1) is 6.92 Å². The highest BCUT2D eigenvalue weighted by atomic mass is 16.5. The molecule has 0 aromatic carbocycles. The zero-order valence-corrected chi connectivity index (χ0v) is 6.37. The van der Waals surface area contributed by atoms with Crippen LogP contribution in [0.1, 0.15) is 11.3 Å². The van der Waals surface area contributed by atoms with Crippen molar-refractivity contribution in [1.29, 1.82) is 0 Å². The van der Waals surface area contributed by atoms with Crippen LogP contribution < -0.4 is 4.74 Å². The van der Waals surface area contributed by atoms with E-state index in [0.717, 1.165) is 17.0 Å². The van der Waals surface area contributed by atoms with E-state index in [9.17, 15) is 0 Å². The van der Waals surface area contributed by atoms with Gasteiger partial charge in [-0.1, -0.05) is 6.08 Å². The molecule has 1 aliphatic heterocycles. The highest BCUT2D eigenvalue weighted by Crippen LogP contribution is 2.22. The monoisotopic (exact) mass is 147 g/mol. The van der Waals surface area contributed by atoms with Crippen LogP contribution in [-0.4, -0.2) is 11.6 Å². The summed E-state index contributed by atoms with van der Waals surface area (Å²) in [6.45, 7) is 2.64. The van der Waals surface area contributed by atoms with E-state index < -0.39 is 0 Å². The van der Waals surface area contributed by atoms with Crippen molar-refractivity contribution in [1.82, 2.24) is 4.98 Å². The molecule has 0 atom stereocenters. The van der Waals surface area contributed by atoms with E-state index >= 15 is 0 Å². The number of rotatable bonds is 0. The van der Waals surface area contributed by atoms with E-state index in [1.165, 1.54) is 0 Å². The predicted molar refractivity (Wildman–Crippen MR) is 43.5 cm³/mol. The summed E-state index contributed by atoms with van der Waals surface area (Å²) in [7, 11) is 0. The van der Waals surface area contributed by atoms with Crippen LogP contribution in [-0.2, 0) is 0 Å². The smallest absolute Gasteiger partial charge is 0.145 e. The lowest BCUT2D eigenvalue weighted by Gasteiger charge is -2.11. The molecule has 56 valence electrons. The Hall–Kier alpha value is -1.31. The van der Waals surface area contributed by atoms with Gasteiger partial charge < -0.3 is 4.74 Å². The summed E-state index contributed by atoms with van der Waals surface area (Å²) in [5.74, 6) is 0.887. The quantitative estimate of drug-likeness (QED) is 0.558. The van der Waals surface area contributed by atoms with Gasteiger partial charge in [0.25, 0.3) is 0 Å². The molecule has 1 aromatic rings. The molecule has 2 heterocycles. The largest absolute Gasteiger partial charge is 0.487 e. The van der Waals surface area contributed by atoms with E-state index in [4.69, 9.17) is 4.74 Å². The first kappa shape index (κ1) is 6.40. The minimum absolute atomic E-state index is 0.664. The molecular weight excluding hydrogens is 138 g/mol. The summed E-state index contributed by atoms with van der Waals surface area (Å²) in [6, 6.07) is 2.02. The van der Waals surface area contributed by atoms with Gasteiger partial charge in [0.1, 0.15) is 12.4 Å². The molecule has 0 aliphatic carbocycles. The first-order valence-electron chi connectivity index (χ1n) is 3.62. The van der Waals surface area contributed by atoms with Crippen molar-refractivity contribution in [2.24, 2.45) is 0 Å². The minimum atomic E-state index is 0.664. The van der Waals surface area contributed by atoms with Gasteiger partial charge in [-0.25, -0.2) is 0 Å². The maximum absolute atomic E-state index is 5.33. The number of pyridine rings is 1. The summed E-state index contributed by atoms with van der Waals surface area (Å²) >= 11 is 0. The van der Waals surface area contributed by atoms with Crippen LogP contribution in [0.15, 0.2) is 18.3 Å². The van der Waals surface area contributed by atoms with Crippen molar-refractivity contribution in [3.63, 3.8) is 0 Å². The van der Waals surface area contributed by atoms with Gasteiger partial charge >= 0.3 is 0 Å². The molecule has 0 N–H and O–H groups in total. The van der Waals surface area contributed by atoms with E-state index in [2.05, 4.69) is 11.1 Å². The molecule has 2 nitrogen and oxygen atoms in total. The number of fused-ring (bicyclic) bond motifs is 1. The van der Waals surface area contributed by atoms with E-state index in [1.54, 1.807) is 6.20 Å². The van der Waals surface area contributed by atoms with Crippen LogP contribution in [0.25, 0.3) is 6.08 Å². The molecule has 0 unspecified atom stereocenters. The average molecular weight is 147 g/mol. The van der Waals surface area contributed by atoms with Gasteiger partial charge in [-0.3, -0.25) is 4.98 Å². The number of aromatic nitrogens is 1. The molecule has 0 saturated carbocycles. The van der Waals surface area contributed by atoms with Crippen LogP contribution >= 0.6 is 0 Å². The lowest BCUT2D eigenvalue weighted by atomic mass is 10.2. The molecule has 1 aromatic heterocycles. The fourth-order valence-corrected chi connectivity index (χ4v) is 1.13. The number of hydrogen-bond acceptors (Lipinski definition) is 2. The number of ether oxygens (including phenoxy) is 1. The van der Waals surface area contributed by atoms with Gasteiger partial charge in [0.2, 0.25) is 0 Å².